The summed E-state index contributed by atoms with van der Waals surface area (Å²) in [6.07, 6.45) is 1.32. The Morgan fingerprint density at radius 3 is 2.67 bits per heavy atom. The van der Waals surface area contributed by atoms with Gasteiger partial charge in [-0.05, 0) is 24.3 Å². The van der Waals surface area contributed by atoms with Gasteiger partial charge in [0.15, 0.2) is 5.76 Å². The second-order valence-electron chi connectivity index (χ2n) is 5.74. The summed E-state index contributed by atoms with van der Waals surface area (Å²) >= 11 is 1.50. The number of carbonyl (C=O) groups is 1. The van der Waals surface area contributed by atoms with Crippen LogP contribution in [0.3, 0.4) is 0 Å². The van der Waals surface area contributed by atoms with E-state index in [0.29, 0.717) is 17.3 Å². The molecule has 6 nitrogen and oxygen atoms in total. The van der Waals surface area contributed by atoms with E-state index >= 15 is 0 Å². The molecule has 7 heteroatoms. The first-order valence-corrected chi connectivity index (χ1v) is 9.21. The van der Waals surface area contributed by atoms with E-state index in [-0.39, 0.29) is 12.2 Å². The van der Waals surface area contributed by atoms with E-state index in [1.165, 1.54) is 31.2 Å². The largest absolute Gasteiger partial charge is 0.502 e. The van der Waals surface area contributed by atoms with Crippen molar-refractivity contribution >= 4 is 17.7 Å². The summed E-state index contributed by atoms with van der Waals surface area (Å²) in [6.45, 7) is 0. The van der Waals surface area contributed by atoms with Crippen LogP contribution in [0.2, 0.25) is 0 Å². The number of methoxy groups -OCH3 is 1. The van der Waals surface area contributed by atoms with Crippen LogP contribution in [-0.2, 0) is 15.3 Å². The average Bonchev–Trinajstić information content (AvgIpc) is 3.22. The number of hydrogen-bond acceptors (Lipinski definition) is 7. The number of ether oxygens (including phenoxy) is 1. The maximum atomic E-state index is 12.2. The summed E-state index contributed by atoms with van der Waals surface area (Å²) in [5.41, 5.74) is -0.568. The fourth-order valence-corrected chi connectivity index (χ4v) is 3.40. The third kappa shape index (κ3) is 4.62. The van der Waals surface area contributed by atoms with Crippen molar-refractivity contribution in [3.05, 3.63) is 82.3 Å². The third-order valence-electron chi connectivity index (χ3n) is 3.93. The maximum Gasteiger partial charge on any atom is 0.306 e. The van der Waals surface area contributed by atoms with Gasteiger partial charge in [0, 0.05) is 11.0 Å². The molecule has 0 saturated heterocycles. The highest BCUT2D eigenvalue weighted by Crippen LogP contribution is 2.34. The van der Waals surface area contributed by atoms with Crippen molar-refractivity contribution in [2.75, 3.05) is 7.11 Å². The Hall–Kier alpha value is -2.93. The summed E-state index contributed by atoms with van der Waals surface area (Å²) in [4.78, 5) is 25.1. The highest BCUT2D eigenvalue weighted by atomic mass is 32.2. The summed E-state index contributed by atoms with van der Waals surface area (Å²) in [6, 6.07) is 14.2. The highest BCUT2D eigenvalue weighted by Gasteiger charge is 2.28. The predicted octanol–water partition coefficient (Wildman–Crippen LogP) is 3.93. The molecule has 1 N–H and O–H groups in total. The van der Waals surface area contributed by atoms with E-state index in [4.69, 9.17) is 13.6 Å². The monoisotopic (exact) mass is 386 g/mol. The zero-order valence-corrected chi connectivity index (χ0v) is 15.4. The molecule has 3 rings (SSSR count). The summed E-state index contributed by atoms with van der Waals surface area (Å²) in [5.74, 6) is -0.630. The number of carbonyl (C=O) groups excluding carboxylic acids is 1. The van der Waals surface area contributed by atoms with Crippen LogP contribution in [0.5, 0.6) is 5.75 Å². The second-order valence-corrected chi connectivity index (χ2v) is 6.79. The Bertz CT molecular complexity index is 946. The first-order valence-electron chi connectivity index (χ1n) is 8.22. The van der Waals surface area contributed by atoms with E-state index in [0.717, 1.165) is 4.90 Å². The zero-order valence-electron chi connectivity index (χ0n) is 14.6. The lowest BCUT2D eigenvalue weighted by Crippen LogP contribution is -2.13. The van der Waals surface area contributed by atoms with Crippen molar-refractivity contribution < 1.29 is 23.5 Å². The summed E-state index contributed by atoms with van der Waals surface area (Å²) in [5, 5.41) is 10.3. The Balaban J connectivity index is 1.93. The third-order valence-corrected chi connectivity index (χ3v) is 4.96. The molecule has 0 aliphatic heterocycles. The molecule has 1 aromatic carbocycles. The predicted molar refractivity (Wildman–Crippen MR) is 99.8 cm³/mol. The molecule has 0 amide bonds. The zero-order chi connectivity index (χ0) is 19.2. The maximum absolute atomic E-state index is 12.2. The van der Waals surface area contributed by atoms with Gasteiger partial charge in [-0.3, -0.25) is 9.59 Å². The Morgan fingerprint density at radius 2 is 2.00 bits per heavy atom. The minimum atomic E-state index is -0.762. The topological polar surface area (TPSA) is 89.9 Å². The van der Waals surface area contributed by atoms with Gasteiger partial charge in [-0.15, -0.1) is 11.8 Å². The standard InChI is InChI=1S/C20H18O6S/c1-24-18(22)11-15(17-8-5-9-25-17)20-19(23)16(21)10-13(26-20)12-27-14-6-3-2-4-7-14/h2-10,15,23H,11-12H2,1H3. The fraction of sp³-hybridized carbons (Fsp3) is 0.200. The quantitative estimate of drug-likeness (QED) is 0.486. The number of hydrogen-bond donors (Lipinski definition) is 1. The number of rotatable bonds is 7. The molecule has 1 atom stereocenters. The van der Waals surface area contributed by atoms with E-state index in [1.807, 2.05) is 30.3 Å². The van der Waals surface area contributed by atoms with Gasteiger partial charge in [0.05, 0.1) is 31.5 Å². The van der Waals surface area contributed by atoms with Gasteiger partial charge in [-0.1, -0.05) is 18.2 Å². The second kappa shape index (κ2) is 8.64. The Kier molecular flexibility index (Phi) is 6.03. The average molecular weight is 386 g/mol. The fourth-order valence-electron chi connectivity index (χ4n) is 2.60. The van der Waals surface area contributed by atoms with Crippen molar-refractivity contribution in [3.63, 3.8) is 0 Å². The molecular weight excluding hydrogens is 368 g/mol. The number of furan rings is 1. The van der Waals surface area contributed by atoms with Crippen molar-refractivity contribution in [2.45, 2.75) is 23.0 Å². The van der Waals surface area contributed by atoms with Crippen molar-refractivity contribution in [3.8, 4) is 5.75 Å². The molecular formula is C20H18O6S. The molecule has 0 fully saturated rings. The van der Waals surface area contributed by atoms with Crippen LogP contribution in [0.4, 0.5) is 0 Å². The van der Waals surface area contributed by atoms with Crippen molar-refractivity contribution in [1.82, 2.24) is 0 Å². The van der Waals surface area contributed by atoms with Gasteiger partial charge < -0.3 is 18.7 Å². The Morgan fingerprint density at radius 1 is 1.22 bits per heavy atom. The van der Waals surface area contributed by atoms with Crippen LogP contribution < -0.4 is 5.43 Å². The lowest BCUT2D eigenvalue weighted by Gasteiger charge is -2.15. The minimum absolute atomic E-state index is 0.00786. The molecule has 0 spiro atoms. The van der Waals surface area contributed by atoms with Gasteiger partial charge in [0.1, 0.15) is 11.5 Å². The smallest absolute Gasteiger partial charge is 0.306 e. The number of benzene rings is 1. The van der Waals surface area contributed by atoms with Crippen molar-refractivity contribution in [1.29, 1.82) is 0 Å². The van der Waals surface area contributed by atoms with E-state index in [9.17, 15) is 14.7 Å². The molecule has 3 aromatic rings. The lowest BCUT2D eigenvalue weighted by molar-refractivity contribution is -0.141. The van der Waals surface area contributed by atoms with Crippen LogP contribution >= 0.6 is 11.8 Å². The van der Waals surface area contributed by atoms with E-state index < -0.39 is 23.1 Å². The number of aromatic hydroxyl groups is 1. The van der Waals surface area contributed by atoms with Crippen molar-refractivity contribution in [2.24, 2.45) is 0 Å². The van der Waals surface area contributed by atoms with Crippen LogP contribution in [0.25, 0.3) is 0 Å². The summed E-state index contributed by atoms with van der Waals surface area (Å²) in [7, 11) is 1.27. The van der Waals surface area contributed by atoms with Gasteiger partial charge in [-0.2, -0.15) is 0 Å². The molecule has 0 bridgehead atoms. The molecule has 0 radical (unpaired) electrons. The Labute approximate surface area is 159 Å². The first kappa shape index (κ1) is 18.8. The number of esters is 1. The van der Waals surface area contributed by atoms with E-state index in [2.05, 4.69) is 0 Å². The molecule has 1 unspecified atom stereocenters. The molecule has 0 saturated carbocycles. The SMILES string of the molecule is COC(=O)CC(c1ccco1)c1oc(CSc2ccccc2)cc(=O)c1O. The van der Waals surface area contributed by atoms with Gasteiger partial charge in [-0.25, -0.2) is 0 Å². The molecule has 140 valence electrons. The molecule has 27 heavy (non-hydrogen) atoms. The molecule has 2 heterocycles. The van der Waals surface area contributed by atoms with Crippen LogP contribution in [0, 0.1) is 0 Å². The van der Waals surface area contributed by atoms with E-state index in [1.54, 1.807) is 12.1 Å². The molecule has 0 aliphatic rings. The van der Waals surface area contributed by atoms with Gasteiger partial charge in [0.2, 0.25) is 11.2 Å². The lowest BCUT2D eigenvalue weighted by atomic mass is 9.98. The summed E-state index contributed by atoms with van der Waals surface area (Å²) < 4.78 is 15.9. The van der Waals surface area contributed by atoms with Crippen LogP contribution in [0.1, 0.15) is 29.6 Å². The first-order chi connectivity index (χ1) is 13.1. The normalized spacial score (nSPS) is 11.9. The highest BCUT2D eigenvalue weighted by molar-refractivity contribution is 7.98. The van der Waals surface area contributed by atoms with Crippen LogP contribution in [0.15, 0.2) is 73.3 Å². The minimum Gasteiger partial charge on any atom is -0.502 e. The molecule has 2 aromatic heterocycles. The van der Waals surface area contributed by atoms with Gasteiger partial charge in [0.25, 0.3) is 0 Å². The number of thioether (sulfide) groups is 1. The van der Waals surface area contributed by atoms with Crippen LogP contribution in [-0.4, -0.2) is 18.2 Å². The van der Waals surface area contributed by atoms with Gasteiger partial charge >= 0.3 is 5.97 Å². The molecule has 0 aliphatic carbocycles.